The fourth-order valence-corrected chi connectivity index (χ4v) is 1.55. The Hall–Kier alpha value is -3.03. The minimum absolute atomic E-state index is 0.0959. The van der Waals surface area contributed by atoms with Gasteiger partial charge in [0.2, 0.25) is 5.65 Å². The van der Waals surface area contributed by atoms with Gasteiger partial charge in [0.05, 0.1) is 0 Å². The van der Waals surface area contributed by atoms with Crippen LogP contribution in [-0.4, -0.2) is 35.6 Å². The van der Waals surface area contributed by atoms with Crippen LogP contribution < -0.4 is 4.74 Å². The molecule has 94 valence electrons. The molecule has 0 saturated carbocycles. The molecule has 0 atom stereocenters. The Morgan fingerprint density at radius 2 is 2.21 bits per heavy atom. The Bertz CT molecular complexity index is 755. The molecule has 3 heterocycles. The van der Waals surface area contributed by atoms with Gasteiger partial charge in [-0.3, -0.25) is 4.40 Å². The number of fused-ring (bicyclic) bond motifs is 1. The van der Waals surface area contributed by atoms with Crippen molar-refractivity contribution in [1.29, 1.82) is 0 Å². The largest absolute Gasteiger partial charge is 0.476 e. The van der Waals surface area contributed by atoms with Crippen LogP contribution in [0.4, 0.5) is 0 Å². The van der Waals surface area contributed by atoms with Crippen LogP contribution in [0.2, 0.25) is 0 Å². The topological polar surface area (TPSA) is 102 Å². The number of pyridine rings is 1. The number of nitrogens with zero attached hydrogens (tertiary/aromatic N) is 5. The van der Waals surface area contributed by atoms with Crippen molar-refractivity contribution >= 4 is 11.6 Å². The zero-order valence-corrected chi connectivity index (χ0v) is 9.46. The monoisotopic (exact) mass is 257 g/mol. The summed E-state index contributed by atoms with van der Waals surface area (Å²) in [6.07, 6.45) is 6.03. The lowest BCUT2D eigenvalue weighted by Gasteiger charge is -2.06. The van der Waals surface area contributed by atoms with Gasteiger partial charge in [-0.2, -0.15) is 0 Å². The van der Waals surface area contributed by atoms with Crippen molar-refractivity contribution in [2.75, 3.05) is 0 Å². The number of carbonyl (C=O) groups is 1. The molecule has 1 N–H and O–H groups in total. The van der Waals surface area contributed by atoms with Gasteiger partial charge in [-0.15, -0.1) is 10.2 Å². The predicted octanol–water partition coefficient (Wildman–Crippen LogP) is 1.01. The van der Waals surface area contributed by atoms with E-state index in [-0.39, 0.29) is 17.3 Å². The van der Waals surface area contributed by atoms with E-state index in [9.17, 15) is 4.79 Å². The predicted molar refractivity (Wildman–Crippen MR) is 62.1 cm³/mol. The number of aromatic carboxylic acids is 1. The average Bonchev–Trinajstić information content (AvgIpc) is 2.88. The van der Waals surface area contributed by atoms with E-state index in [4.69, 9.17) is 9.84 Å². The van der Waals surface area contributed by atoms with Crippen LogP contribution >= 0.6 is 0 Å². The van der Waals surface area contributed by atoms with Crippen LogP contribution in [0, 0.1) is 0 Å². The van der Waals surface area contributed by atoms with Crippen molar-refractivity contribution in [3.05, 3.63) is 42.7 Å². The molecule has 0 spiro atoms. The summed E-state index contributed by atoms with van der Waals surface area (Å²) < 4.78 is 7.07. The summed E-state index contributed by atoms with van der Waals surface area (Å²) >= 11 is 0. The van der Waals surface area contributed by atoms with Crippen LogP contribution in [0.15, 0.2) is 37.1 Å². The van der Waals surface area contributed by atoms with Crippen molar-refractivity contribution in [3.8, 4) is 11.6 Å². The standard InChI is InChI=1S/C11H7N5O3/c17-11(18)8-7(2-1-3-12-8)19-10-9-15-14-6-16(9)5-4-13-10/h1-6H,(H,17,18). The van der Waals surface area contributed by atoms with E-state index in [1.165, 1.54) is 24.8 Å². The minimum Gasteiger partial charge on any atom is -0.476 e. The van der Waals surface area contributed by atoms with Crippen LogP contribution in [0.3, 0.4) is 0 Å². The van der Waals surface area contributed by atoms with Gasteiger partial charge in [-0.05, 0) is 12.1 Å². The zero-order valence-electron chi connectivity index (χ0n) is 9.46. The van der Waals surface area contributed by atoms with E-state index in [2.05, 4.69) is 20.2 Å². The van der Waals surface area contributed by atoms with E-state index in [0.717, 1.165) is 0 Å². The van der Waals surface area contributed by atoms with Crippen LogP contribution in [0.5, 0.6) is 11.6 Å². The molecule has 0 saturated heterocycles. The highest BCUT2D eigenvalue weighted by Gasteiger charge is 2.15. The maximum atomic E-state index is 11.0. The third-order valence-corrected chi connectivity index (χ3v) is 2.36. The highest BCUT2D eigenvalue weighted by Crippen LogP contribution is 2.24. The van der Waals surface area contributed by atoms with Gasteiger partial charge in [0.15, 0.2) is 11.4 Å². The number of hydrogen-bond acceptors (Lipinski definition) is 6. The number of ether oxygens (including phenoxy) is 1. The van der Waals surface area contributed by atoms with Crippen LogP contribution in [0.1, 0.15) is 10.5 Å². The maximum absolute atomic E-state index is 11.0. The molecule has 0 radical (unpaired) electrons. The van der Waals surface area contributed by atoms with Crippen molar-refractivity contribution < 1.29 is 14.6 Å². The molecule has 0 amide bonds. The molecule has 0 unspecified atom stereocenters. The van der Waals surface area contributed by atoms with Crippen molar-refractivity contribution in [2.24, 2.45) is 0 Å². The summed E-state index contributed by atoms with van der Waals surface area (Å²) in [5.41, 5.74) is 0.202. The fourth-order valence-electron chi connectivity index (χ4n) is 1.55. The molecule has 3 aromatic heterocycles. The third-order valence-electron chi connectivity index (χ3n) is 2.36. The first-order valence-electron chi connectivity index (χ1n) is 5.26. The summed E-state index contributed by atoms with van der Waals surface area (Å²) in [4.78, 5) is 18.8. The van der Waals surface area contributed by atoms with Crippen molar-refractivity contribution in [1.82, 2.24) is 24.6 Å². The van der Waals surface area contributed by atoms with Crippen LogP contribution in [0.25, 0.3) is 5.65 Å². The Labute approximate surface area is 106 Å². The van der Waals surface area contributed by atoms with Crippen molar-refractivity contribution in [3.63, 3.8) is 0 Å². The fraction of sp³-hybridized carbons (Fsp3) is 0. The van der Waals surface area contributed by atoms with E-state index < -0.39 is 5.97 Å². The second-order valence-corrected chi connectivity index (χ2v) is 3.55. The van der Waals surface area contributed by atoms with Gasteiger partial charge in [0.1, 0.15) is 6.33 Å². The molecular formula is C11H7N5O3. The number of carboxylic acids is 1. The zero-order chi connectivity index (χ0) is 13.2. The molecule has 0 fully saturated rings. The van der Waals surface area contributed by atoms with E-state index >= 15 is 0 Å². The molecular weight excluding hydrogens is 250 g/mol. The Morgan fingerprint density at radius 3 is 3.05 bits per heavy atom. The molecule has 0 aromatic carbocycles. The molecule has 19 heavy (non-hydrogen) atoms. The van der Waals surface area contributed by atoms with Gasteiger partial charge in [0, 0.05) is 18.6 Å². The van der Waals surface area contributed by atoms with Gasteiger partial charge in [-0.1, -0.05) is 0 Å². The number of hydrogen-bond donors (Lipinski definition) is 1. The van der Waals surface area contributed by atoms with E-state index in [1.807, 2.05) is 0 Å². The quantitative estimate of drug-likeness (QED) is 0.746. The lowest BCUT2D eigenvalue weighted by molar-refractivity contribution is 0.0687. The van der Waals surface area contributed by atoms with E-state index in [1.54, 1.807) is 16.7 Å². The van der Waals surface area contributed by atoms with E-state index in [0.29, 0.717) is 5.65 Å². The Balaban J connectivity index is 2.06. The van der Waals surface area contributed by atoms with Gasteiger partial charge >= 0.3 is 5.97 Å². The Morgan fingerprint density at radius 1 is 1.32 bits per heavy atom. The SMILES string of the molecule is O=C(O)c1ncccc1Oc1nccn2cnnc12. The first kappa shape index (κ1) is 11.1. The molecule has 3 rings (SSSR count). The molecule has 8 heteroatoms. The van der Waals surface area contributed by atoms with Crippen LogP contribution in [-0.2, 0) is 0 Å². The lowest BCUT2D eigenvalue weighted by Crippen LogP contribution is -2.03. The molecule has 0 aliphatic carbocycles. The summed E-state index contributed by atoms with van der Waals surface area (Å²) in [7, 11) is 0. The first-order chi connectivity index (χ1) is 9.25. The van der Waals surface area contributed by atoms with Gasteiger partial charge in [0.25, 0.3) is 5.88 Å². The number of rotatable bonds is 3. The molecule has 0 aliphatic rings. The van der Waals surface area contributed by atoms with Gasteiger partial charge in [-0.25, -0.2) is 14.8 Å². The minimum atomic E-state index is -1.18. The lowest BCUT2D eigenvalue weighted by atomic mass is 10.3. The summed E-state index contributed by atoms with van der Waals surface area (Å²) in [5.74, 6) is -0.918. The molecule has 3 aromatic rings. The van der Waals surface area contributed by atoms with Crippen molar-refractivity contribution in [2.45, 2.75) is 0 Å². The molecule has 0 bridgehead atoms. The third kappa shape index (κ3) is 1.95. The first-order valence-corrected chi connectivity index (χ1v) is 5.26. The number of carboxylic acid groups (broad SMARTS) is 1. The highest BCUT2D eigenvalue weighted by molar-refractivity contribution is 5.88. The second kappa shape index (κ2) is 4.33. The summed E-state index contributed by atoms with van der Waals surface area (Å²) in [6, 6.07) is 3.07. The molecule has 8 nitrogen and oxygen atoms in total. The summed E-state index contributed by atoms with van der Waals surface area (Å²) in [6.45, 7) is 0. The van der Waals surface area contributed by atoms with Gasteiger partial charge < -0.3 is 9.84 Å². The number of aromatic nitrogens is 5. The smallest absolute Gasteiger partial charge is 0.358 e. The summed E-state index contributed by atoms with van der Waals surface area (Å²) in [5, 5.41) is 16.6. The molecule has 0 aliphatic heterocycles. The normalized spacial score (nSPS) is 10.5. The highest BCUT2D eigenvalue weighted by atomic mass is 16.5. The second-order valence-electron chi connectivity index (χ2n) is 3.55. The maximum Gasteiger partial charge on any atom is 0.358 e. The Kier molecular flexibility index (Phi) is 2.53. The average molecular weight is 257 g/mol.